The summed E-state index contributed by atoms with van der Waals surface area (Å²) in [5, 5.41) is 22.4. The molecule has 1 saturated heterocycles. The lowest BCUT2D eigenvalue weighted by Crippen LogP contribution is -2.68. The van der Waals surface area contributed by atoms with Gasteiger partial charge >= 0.3 is 11.9 Å². The second-order valence-corrected chi connectivity index (χ2v) is 9.23. The molecule has 3 aliphatic rings. The normalized spacial score (nSPS) is 39.9. The van der Waals surface area contributed by atoms with Crippen molar-refractivity contribution in [1.82, 2.24) is 0 Å². The maximum Gasteiger partial charge on any atom is 0.337 e. The van der Waals surface area contributed by atoms with Crippen molar-refractivity contribution in [2.24, 2.45) is 16.7 Å². The van der Waals surface area contributed by atoms with Crippen LogP contribution in [0.15, 0.2) is 11.6 Å². The number of aliphatic hydroxyl groups excluding tert-OH is 1. The van der Waals surface area contributed by atoms with Crippen LogP contribution in [-0.4, -0.2) is 46.6 Å². The fourth-order valence-corrected chi connectivity index (χ4v) is 5.54. The quantitative estimate of drug-likeness (QED) is 0.562. The van der Waals surface area contributed by atoms with E-state index < -0.39 is 29.2 Å². The predicted octanol–water partition coefficient (Wildman–Crippen LogP) is 2.51. The standard InChI is InChI=1S/C21H32O6/c1-5-6-7-8-16(23)27-14-11-13-18(24)26-12-21(13,25)20(4)15(22)9-10-19(2,3)17(14)20/h11,14-15,17,22,25H,5-10,12H2,1-4H3/t14-,15-,17+,20+,21-/m1/s1. The smallest absolute Gasteiger partial charge is 0.337 e. The van der Waals surface area contributed by atoms with Crippen LogP contribution in [0, 0.1) is 16.7 Å². The molecule has 6 heteroatoms. The summed E-state index contributed by atoms with van der Waals surface area (Å²) in [6.07, 6.45) is 4.40. The van der Waals surface area contributed by atoms with Gasteiger partial charge in [0.05, 0.1) is 11.7 Å². The van der Waals surface area contributed by atoms with Crippen molar-refractivity contribution in [2.45, 2.75) is 84.0 Å². The zero-order valence-electron chi connectivity index (χ0n) is 16.8. The molecule has 0 spiro atoms. The molecule has 3 rings (SSSR count). The first kappa shape index (κ1) is 20.3. The molecule has 0 radical (unpaired) electrons. The van der Waals surface area contributed by atoms with E-state index in [2.05, 4.69) is 20.8 Å². The topological polar surface area (TPSA) is 93.1 Å². The Hall–Kier alpha value is -1.40. The summed E-state index contributed by atoms with van der Waals surface area (Å²) in [6.45, 7) is 7.84. The third-order valence-electron chi connectivity index (χ3n) is 7.12. The highest BCUT2D eigenvalue weighted by molar-refractivity contribution is 5.94. The Morgan fingerprint density at radius 1 is 1.33 bits per heavy atom. The molecule has 2 N–H and O–H groups in total. The average molecular weight is 380 g/mol. The largest absolute Gasteiger partial charge is 0.459 e. The first-order chi connectivity index (χ1) is 12.6. The van der Waals surface area contributed by atoms with Crippen LogP contribution in [0.2, 0.25) is 0 Å². The van der Waals surface area contributed by atoms with Gasteiger partial charge in [-0.25, -0.2) is 4.79 Å². The van der Waals surface area contributed by atoms with Crippen LogP contribution in [0.25, 0.3) is 0 Å². The Morgan fingerprint density at radius 2 is 2.04 bits per heavy atom. The minimum absolute atomic E-state index is 0.115. The summed E-state index contributed by atoms with van der Waals surface area (Å²) in [5.41, 5.74) is -2.79. The summed E-state index contributed by atoms with van der Waals surface area (Å²) in [7, 11) is 0. The minimum atomic E-state index is -1.57. The summed E-state index contributed by atoms with van der Waals surface area (Å²) in [5.74, 6) is -1.23. The van der Waals surface area contributed by atoms with Gasteiger partial charge in [-0.1, -0.05) is 40.5 Å². The molecule has 27 heavy (non-hydrogen) atoms. The number of cyclic esters (lactones) is 1. The van der Waals surface area contributed by atoms with E-state index in [0.717, 1.165) is 25.7 Å². The molecule has 2 aliphatic carbocycles. The van der Waals surface area contributed by atoms with Gasteiger partial charge in [0, 0.05) is 17.8 Å². The summed E-state index contributed by atoms with van der Waals surface area (Å²) < 4.78 is 11.0. The number of carbonyl (C=O) groups is 2. The molecule has 0 amide bonds. The highest BCUT2D eigenvalue weighted by Gasteiger charge is 2.70. The third-order valence-corrected chi connectivity index (χ3v) is 7.12. The van der Waals surface area contributed by atoms with Gasteiger partial charge in [-0.3, -0.25) is 4.79 Å². The molecule has 1 heterocycles. The highest BCUT2D eigenvalue weighted by atomic mass is 16.6. The summed E-state index contributed by atoms with van der Waals surface area (Å²) >= 11 is 0. The maximum absolute atomic E-state index is 12.4. The number of carbonyl (C=O) groups excluding carboxylic acids is 2. The number of fused-ring (bicyclic) bond motifs is 3. The van der Waals surface area contributed by atoms with E-state index in [4.69, 9.17) is 9.47 Å². The molecule has 2 fully saturated rings. The van der Waals surface area contributed by atoms with Crippen molar-refractivity contribution < 1.29 is 29.3 Å². The van der Waals surface area contributed by atoms with Crippen LogP contribution in [0.4, 0.5) is 0 Å². The van der Waals surface area contributed by atoms with E-state index in [1.807, 2.05) is 0 Å². The van der Waals surface area contributed by atoms with Crippen LogP contribution in [0.5, 0.6) is 0 Å². The van der Waals surface area contributed by atoms with Gasteiger partial charge in [0.15, 0.2) is 0 Å². The highest BCUT2D eigenvalue weighted by Crippen LogP contribution is 2.62. The number of ether oxygens (including phenoxy) is 2. The van der Waals surface area contributed by atoms with Gasteiger partial charge in [0.25, 0.3) is 0 Å². The van der Waals surface area contributed by atoms with Gasteiger partial charge < -0.3 is 19.7 Å². The second-order valence-electron chi connectivity index (χ2n) is 9.23. The minimum Gasteiger partial charge on any atom is -0.459 e. The van der Waals surface area contributed by atoms with Crippen molar-refractivity contribution in [3.63, 3.8) is 0 Å². The lowest BCUT2D eigenvalue weighted by Gasteiger charge is -2.61. The van der Waals surface area contributed by atoms with Crippen LogP contribution < -0.4 is 0 Å². The van der Waals surface area contributed by atoms with Crippen molar-refractivity contribution in [3.05, 3.63) is 11.6 Å². The predicted molar refractivity (Wildman–Crippen MR) is 98.6 cm³/mol. The number of hydrogen-bond acceptors (Lipinski definition) is 6. The van der Waals surface area contributed by atoms with Gasteiger partial charge in [0.2, 0.25) is 0 Å². The Bertz CT molecular complexity index is 653. The number of unbranched alkanes of at least 4 members (excludes halogenated alkanes) is 2. The molecule has 0 bridgehead atoms. The zero-order valence-corrected chi connectivity index (χ0v) is 16.8. The van der Waals surface area contributed by atoms with Crippen LogP contribution >= 0.6 is 0 Å². The van der Waals surface area contributed by atoms with Gasteiger partial charge in [-0.2, -0.15) is 0 Å². The molecular weight excluding hydrogens is 348 g/mol. The Labute approximate surface area is 160 Å². The zero-order chi connectivity index (χ0) is 20.0. The van der Waals surface area contributed by atoms with E-state index in [9.17, 15) is 19.8 Å². The fourth-order valence-electron chi connectivity index (χ4n) is 5.54. The number of hydrogen-bond donors (Lipinski definition) is 2. The van der Waals surface area contributed by atoms with Crippen LogP contribution in [0.3, 0.4) is 0 Å². The molecule has 0 aromatic carbocycles. The molecule has 5 atom stereocenters. The maximum atomic E-state index is 12.4. The first-order valence-electron chi connectivity index (χ1n) is 10.1. The molecule has 0 aromatic heterocycles. The lowest BCUT2D eigenvalue weighted by atomic mass is 9.45. The SMILES string of the molecule is CCCCCC(=O)O[C@@H]1C=C2C(=O)OC[C@]2(O)[C@@]2(C)[C@H](O)CCC(C)(C)[C@H]12. The van der Waals surface area contributed by atoms with Crippen molar-refractivity contribution in [3.8, 4) is 0 Å². The van der Waals surface area contributed by atoms with Gasteiger partial charge in [0.1, 0.15) is 18.3 Å². The van der Waals surface area contributed by atoms with E-state index in [1.165, 1.54) is 0 Å². The molecular formula is C21H32O6. The van der Waals surface area contributed by atoms with E-state index in [1.54, 1.807) is 13.0 Å². The van der Waals surface area contributed by atoms with Crippen molar-refractivity contribution >= 4 is 11.9 Å². The van der Waals surface area contributed by atoms with Crippen molar-refractivity contribution in [1.29, 1.82) is 0 Å². The lowest BCUT2D eigenvalue weighted by molar-refractivity contribution is -0.226. The summed E-state index contributed by atoms with van der Waals surface area (Å²) in [6, 6.07) is 0. The molecule has 6 nitrogen and oxygen atoms in total. The molecule has 0 unspecified atom stereocenters. The molecule has 152 valence electrons. The molecule has 1 saturated carbocycles. The molecule has 1 aliphatic heterocycles. The number of aliphatic hydroxyl groups is 2. The van der Waals surface area contributed by atoms with Gasteiger partial charge in [-0.05, 0) is 30.8 Å². The van der Waals surface area contributed by atoms with Crippen molar-refractivity contribution in [2.75, 3.05) is 6.61 Å². The average Bonchev–Trinajstić information content (AvgIpc) is 2.88. The Balaban J connectivity index is 2.00. The summed E-state index contributed by atoms with van der Waals surface area (Å²) in [4.78, 5) is 24.7. The Kier molecular flexibility index (Phi) is 5.19. The monoisotopic (exact) mass is 380 g/mol. The Morgan fingerprint density at radius 3 is 2.70 bits per heavy atom. The second kappa shape index (κ2) is 6.89. The van der Waals surface area contributed by atoms with E-state index >= 15 is 0 Å². The first-order valence-corrected chi connectivity index (χ1v) is 10.1. The molecule has 0 aromatic rings. The van der Waals surface area contributed by atoms with Crippen LogP contribution in [0.1, 0.15) is 66.2 Å². The van der Waals surface area contributed by atoms with E-state index in [0.29, 0.717) is 12.8 Å². The van der Waals surface area contributed by atoms with Gasteiger partial charge in [-0.15, -0.1) is 0 Å². The number of rotatable bonds is 5. The van der Waals surface area contributed by atoms with Crippen LogP contribution in [-0.2, 0) is 19.1 Å². The van der Waals surface area contributed by atoms with E-state index in [-0.39, 0.29) is 29.5 Å². The third kappa shape index (κ3) is 3.01. The fraction of sp³-hybridized carbons (Fsp3) is 0.810. The number of esters is 2.